The van der Waals surface area contributed by atoms with Crippen molar-refractivity contribution in [3.63, 3.8) is 0 Å². The van der Waals surface area contributed by atoms with Gasteiger partial charge in [0.05, 0.1) is 24.8 Å². The molecule has 0 N–H and O–H groups in total. The number of esters is 1. The van der Waals surface area contributed by atoms with Gasteiger partial charge < -0.3 is 4.74 Å². The lowest BCUT2D eigenvalue weighted by atomic mass is 10.1. The summed E-state index contributed by atoms with van der Waals surface area (Å²) in [7, 11) is 1.21. The second kappa shape index (κ2) is 4.72. The molecular formula is C13H9NO4. The normalized spacial score (nSPS) is 12.8. The highest BCUT2D eigenvalue weighted by Gasteiger charge is 2.34. The summed E-state index contributed by atoms with van der Waals surface area (Å²) in [5.41, 5.74) is 0.727. The van der Waals surface area contributed by atoms with E-state index in [0.717, 1.165) is 4.90 Å². The molecule has 0 fully saturated rings. The van der Waals surface area contributed by atoms with Crippen LogP contribution in [0.2, 0.25) is 0 Å². The Labute approximate surface area is 103 Å². The van der Waals surface area contributed by atoms with Gasteiger partial charge >= 0.3 is 5.97 Å². The van der Waals surface area contributed by atoms with Gasteiger partial charge in [-0.3, -0.25) is 14.5 Å². The quantitative estimate of drug-likeness (QED) is 0.311. The van der Waals surface area contributed by atoms with Crippen molar-refractivity contribution >= 4 is 17.8 Å². The lowest BCUT2D eigenvalue weighted by Gasteiger charge is -2.08. The van der Waals surface area contributed by atoms with Crippen LogP contribution in [-0.2, 0) is 9.53 Å². The third-order valence-electron chi connectivity index (χ3n) is 2.49. The average Bonchev–Trinajstić information content (AvgIpc) is 2.64. The highest BCUT2D eigenvalue weighted by atomic mass is 16.5. The number of benzene rings is 1. The van der Waals surface area contributed by atoms with Gasteiger partial charge in [0.15, 0.2) is 0 Å². The Morgan fingerprint density at radius 3 is 2.28 bits per heavy atom. The number of carbonyl (C=O) groups is 3. The number of hydrogen-bond donors (Lipinski definition) is 0. The number of ether oxygens (including phenoxy) is 1. The van der Waals surface area contributed by atoms with Crippen LogP contribution in [0.1, 0.15) is 20.7 Å². The van der Waals surface area contributed by atoms with E-state index in [0.29, 0.717) is 11.1 Å². The number of fused-ring (bicyclic) bond motifs is 1. The SMILES string of the molecule is COC(=O)C#CCN1C(=O)c2ccccc2C1=O. The summed E-state index contributed by atoms with van der Waals surface area (Å²) < 4.78 is 4.33. The molecule has 0 unspecified atom stereocenters. The van der Waals surface area contributed by atoms with Gasteiger partial charge in [-0.2, -0.15) is 0 Å². The van der Waals surface area contributed by atoms with Crippen LogP contribution in [0, 0.1) is 11.8 Å². The van der Waals surface area contributed by atoms with Crippen LogP contribution in [-0.4, -0.2) is 36.3 Å². The predicted molar refractivity (Wildman–Crippen MR) is 61.6 cm³/mol. The van der Waals surface area contributed by atoms with E-state index in [1.165, 1.54) is 7.11 Å². The molecule has 90 valence electrons. The Morgan fingerprint density at radius 2 is 1.78 bits per heavy atom. The standard InChI is InChI=1S/C13H9NO4/c1-18-11(15)7-4-8-14-12(16)9-5-2-3-6-10(9)13(14)17/h2-3,5-6H,8H2,1H3. The molecule has 1 aromatic carbocycles. The first-order valence-electron chi connectivity index (χ1n) is 5.17. The zero-order chi connectivity index (χ0) is 13.1. The van der Waals surface area contributed by atoms with E-state index in [1.807, 2.05) is 0 Å². The lowest BCUT2D eigenvalue weighted by Crippen LogP contribution is -2.30. The molecule has 2 rings (SSSR count). The molecule has 0 spiro atoms. The highest BCUT2D eigenvalue weighted by molar-refractivity contribution is 6.21. The van der Waals surface area contributed by atoms with Gasteiger partial charge in [0.1, 0.15) is 0 Å². The van der Waals surface area contributed by atoms with Crippen molar-refractivity contribution in [3.8, 4) is 11.8 Å². The van der Waals surface area contributed by atoms with Crippen molar-refractivity contribution in [2.24, 2.45) is 0 Å². The van der Waals surface area contributed by atoms with Gasteiger partial charge in [0.2, 0.25) is 0 Å². The van der Waals surface area contributed by atoms with Gasteiger partial charge in [0.25, 0.3) is 11.8 Å². The van der Waals surface area contributed by atoms with E-state index >= 15 is 0 Å². The third kappa shape index (κ3) is 1.96. The molecule has 1 heterocycles. The molecular weight excluding hydrogens is 234 g/mol. The second-order valence-electron chi connectivity index (χ2n) is 3.54. The zero-order valence-corrected chi connectivity index (χ0v) is 9.60. The molecule has 5 heteroatoms. The Kier molecular flexibility index (Phi) is 3.11. The first kappa shape index (κ1) is 11.9. The number of nitrogens with zero attached hydrogens (tertiary/aromatic N) is 1. The molecule has 0 aliphatic carbocycles. The van der Waals surface area contributed by atoms with Gasteiger partial charge in [-0.25, -0.2) is 4.79 Å². The molecule has 0 bridgehead atoms. The van der Waals surface area contributed by atoms with Crippen LogP contribution in [0.25, 0.3) is 0 Å². The van der Waals surface area contributed by atoms with E-state index in [2.05, 4.69) is 16.6 Å². The molecule has 0 atom stereocenters. The molecule has 1 aliphatic rings. The molecule has 0 saturated carbocycles. The molecule has 1 aliphatic heterocycles. The number of carbonyl (C=O) groups excluding carboxylic acids is 3. The van der Waals surface area contributed by atoms with Gasteiger partial charge in [0, 0.05) is 5.92 Å². The number of amides is 2. The number of imide groups is 1. The summed E-state index contributed by atoms with van der Waals surface area (Å²) in [5.74, 6) is 3.11. The van der Waals surface area contributed by atoms with Crippen LogP contribution in [0.3, 0.4) is 0 Å². The maximum atomic E-state index is 11.9. The van der Waals surface area contributed by atoms with E-state index in [9.17, 15) is 14.4 Å². The first-order valence-corrected chi connectivity index (χ1v) is 5.17. The van der Waals surface area contributed by atoms with Gasteiger partial charge in [-0.1, -0.05) is 18.1 Å². The van der Waals surface area contributed by atoms with Crippen molar-refractivity contribution in [2.45, 2.75) is 0 Å². The summed E-state index contributed by atoms with van der Waals surface area (Å²) in [5, 5.41) is 0. The molecule has 18 heavy (non-hydrogen) atoms. The molecule has 0 saturated heterocycles. The maximum absolute atomic E-state index is 11.9. The Morgan fingerprint density at radius 1 is 1.22 bits per heavy atom. The molecule has 1 aromatic rings. The van der Waals surface area contributed by atoms with Crippen molar-refractivity contribution in [1.82, 2.24) is 4.90 Å². The van der Waals surface area contributed by atoms with E-state index < -0.39 is 17.8 Å². The lowest BCUT2D eigenvalue weighted by molar-refractivity contribution is -0.133. The summed E-state index contributed by atoms with van der Waals surface area (Å²) in [4.78, 5) is 35.5. The minimum absolute atomic E-state index is 0.124. The third-order valence-corrected chi connectivity index (χ3v) is 2.49. The molecule has 2 amide bonds. The average molecular weight is 243 g/mol. The number of hydrogen-bond acceptors (Lipinski definition) is 4. The van der Waals surface area contributed by atoms with Gasteiger partial charge in [-0.05, 0) is 12.1 Å². The van der Waals surface area contributed by atoms with Crippen molar-refractivity contribution in [2.75, 3.05) is 13.7 Å². The Hall–Kier alpha value is -2.61. The Bertz CT molecular complexity index is 559. The summed E-state index contributed by atoms with van der Waals surface area (Å²) >= 11 is 0. The van der Waals surface area contributed by atoms with Crippen molar-refractivity contribution < 1.29 is 19.1 Å². The predicted octanol–water partition coefficient (Wildman–Crippen LogP) is 0.459. The van der Waals surface area contributed by atoms with Crippen LogP contribution < -0.4 is 0 Å². The molecule has 0 radical (unpaired) electrons. The largest absolute Gasteiger partial charge is 0.459 e. The maximum Gasteiger partial charge on any atom is 0.384 e. The molecule has 5 nitrogen and oxygen atoms in total. The van der Waals surface area contributed by atoms with E-state index in [1.54, 1.807) is 24.3 Å². The van der Waals surface area contributed by atoms with E-state index in [-0.39, 0.29) is 6.54 Å². The van der Waals surface area contributed by atoms with Crippen LogP contribution in [0.15, 0.2) is 24.3 Å². The minimum Gasteiger partial charge on any atom is -0.459 e. The van der Waals surface area contributed by atoms with E-state index in [4.69, 9.17) is 0 Å². The van der Waals surface area contributed by atoms with Crippen LogP contribution >= 0.6 is 0 Å². The fourth-order valence-electron chi connectivity index (χ4n) is 1.62. The fraction of sp³-hybridized carbons (Fsp3) is 0.154. The minimum atomic E-state index is -0.702. The number of rotatable bonds is 1. The topological polar surface area (TPSA) is 63.7 Å². The van der Waals surface area contributed by atoms with Gasteiger partial charge in [-0.15, -0.1) is 0 Å². The van der Waals surface area contributed by atoms with Crippen LogP contribution in [0.4, 0.5) is 0 Å². The molecule has 0 aromatic heterocycles. The van der Waals surface area contributed by atoms with Crippen LogP contribution in [0.5, 0.6) is 0 Å². The Balaban J connectivity index is 2.18. The first-order chi connectivity index (χ1) is 8.65. The second-order valence-corrected chi connectivity index (χ2v) is 3.54. The smallest absolute Gasteiger partial charge is 0.384 e. The summed E-state index contributed by atoms with van der Waals surface area (Å²) in [6.07, 6.45) is 0. The van der Waals surface area contributed by atoms with Crippen molar-refractivity contribution in [1.29, 1.82) is 0 Å². The fourth-order valence-corrected chi connectivity index (χ4v) is 1.62. The van der Waals surface area contributed by atoms with Crippen molar-refractivity contribution in [3.05, 3.63) is 35.4 Å². The zero-order valence-electron chi connectivity index (χ0n) is 9.60. The monoisotopic (exact) mass is 243 g/mol. The highest BCUT2D eigenvalue weighted by Crippen LogP contribution is 2.21. The number of methoxy groups -OCH3 is 1. The summed E-state index contributed by atoms with van der Waals surface area (Å²) in [6.45, 7) is -0.124. The summed E-state index contributed by atoms with van der Waals surface area (Å²) in [6, 6.07) is 6.55.